The normalized spacial score (nSPS) is 14.9. The Kier molecular flexibility index (Phi) is 7.40. The highest BCUT2D eigenvalue weighted by atomic mass is 32.2. The maximum atomic E-state index is 13.3. The molecule has 1 aliphatic rings. The number of fused-ring (bicyclic) bond motifs is 1. The Morgan fingerprint density at radius 2 is 1.69 bits per heavy atom. The van der Waals surface area contributed by atoms with Crippen molar-refractivity contribution in [1.29, 1.82) is 0 Å². The van der Waals surface area contributed by atoms with Crippen LogP contribution in [0.4, 0.5) is 15.8 Å². The molecule has 36 heavy (non-hydrogen) atoms. The lowest BCUT2D eigenvalue weighted by Crippen LogP contribution is -2.35. The highest BCUT2D eigenvalue weighted by molar-refractivity contribution is 7.92. The molecule has 3 aromatic rings. The Bertz CT molecular complexity index is 1370. The molecule has 1 heterocycles. The molecule has 1 N–H and O–H groups in total. The molecule has 1 aliphatic heterocycles. The summed E-state index contributed by atoms with van der Waals surface area (Å²) in [6.45, 7) is 4.17. The first-order valence-corrected chi connectivity index (χ1v) is 13.2. The number of rotatable bonds is 8. The van der Waals surface area contributed by atoms with Crippen LogP contribution in [0.15, 0.2) is 71.6 Å². The van der Waals surface area contributed by atoms with E-state index >= 15 is 0 Å². The van der Waals surface area contributed by atoms with E-state index in [1.54, 1.807) is 49.4 Å². The van der Waals surface area contributed by atoms with Crippen LogP contribution in [0.1, 0.15) is 53.0 Å². The topological polar surface area (TPSA) is 92.8 Å². The molecular weight excluding hydrogens is 483 g/mol. The second-order valence-electron chi connectivity index (χ2n) is 8.67. The molecule has 0 fully saturated rings. The summed E-state index contributed by atoms with van der Waals surface area (Å²) in [5.41, 5.74) is 2.52. The van der Waals surface area contributed by atoms with Crippen LogP contribution in [0.2, 0.25) is 0 Å². The van der Waals surface area contributed by atoms with Gasteiger partial charge in [0, 0.05) is 17.3 Å². The standard InChI is InChI=1S/C27H27FN2O5S/c1-3-4-15-35-27(32)19-5-10-23(11-6-19)29-26(31)20-7-14-25-21(17-20)16-18(2)30(25)36(33,34)24-12-8-22(28)9-13-24/h5-14,17-18H,3-4,15-16H2,1-2H3,(H,29,31)/t18-/m1/s1. The summed E-state index contributed by atoms with van der Waals surface area (Å²) in [4.78, 5) is 24.9. The van der Waals surface area contributed by atoms with Gasteiger partial charge in [-0.3, -0.25) is 9.10 Å². The second kappa shape index (κ2) is 10.5. The van der Waals surface area contributed by atoms with Crippen LogP contribution in [-0.4, -0.2) is 32.9 Å². The molecule has 1 amide bonds. The quantitative estimate of drug-likeness (QED) is 0.333. The van der Waals surface area contributed by atoms with E-state index in [9.17, 15) is 22.4 Å². The van der Waals surface area contributed by atoms with Crippen LogP contribution in [0.3, 0.4) is 0 Å². The summed E-state index contributed by atoms with van der Waals surface area (Å²) in [7, 11) is -3.89. The first-order valence-electron chi connectivity index (χ1n) is 11.7. The number of unbranched alkanes of at least 4 members (excludes halogenated alkanes) is 1. The first-order chi connectivity index (χ1) is 17.2. The Labute approximate surface area is 209 Å². The summed E-state index contributed by atoms with van der Waals surface area (Å²) >= 11 is 0. The van der Waals surface area contributed by atoms with E-state index in [-0.39, 0.29) is 16.8 Å². The molecule has 1 atom stereocenters. The van der Waals surface area contributed by atoms with Crippen molar-refractivity contribution in [3.63, 3.8) is 0 Å². The lowest BCUT2D eigenvalue weighted by molar-refractivity contribution is 0.0499. The molecule has 0 radical (unpaired) electrons. The van der Waals surface area contributed by atoms with Crippen LogP contribution >= 0.6 is 0 Å². The van der Waals surface area contributed by atoms with E-state index in [0.29, 0.717) is 35.5 Å². The molecule has 0 saturated heterocycles. The summed E-state index contributed by atoms with van der Waals surface area (Å²) in [6.07, 6.45) is 2.17. The summed E-state index contributed by atoms with van der Waals surface area (Å²) in [5.74, 6) is -1.28. The van der Waals surface area contributed by atoms with Gasteiger partial charge >= 0.3 is 5.97 Å². The SMILES string of the molecule is CCCCOC(=O)c1ccc(NC(=O)c2ccc3c(c2)C[C@@H](C)N3S(=O)(=O)c2ccc(F)cc2)cc1. The number of hydrogen-bond donors (Lipinski definition) is 1. The van der Waals surface area contributed by atoms with Gasteiger partial charge in [-0.05, 0) is 92.1 Å². The third-order valence-corrected chi connectivity index (χ3v) is 7.92. The summed E-state index contributed by atoms with van der Waals surface area (Å²) < 4.78 is 46.2. The summed E-state index contributed by atoms with van der Waals surface area (Å²) in [5, 5.41) is 2.79. The number of carbonyl (C=O) groups excluding carboxylic acids is 2. The van der Waals surface area contributed by atoms with Crippen molar-refractivity contribution in [3.8, 4) is 0 Å². The van der Waals surface area contributed by atoms with Crippen molar-refractivity contribution in [3.05, 3.63) is 89.2 Å². The molecule has 4 rings (SSSR count). The highest BCUT2D eigenvalue weighted by Crippen LogP contribution is 2.37. The number of benzene rings is 3. The first kappa shape index (κ1) is 25.4. The molecule has 0 bridgehead atoms. The van der Waals surface area contributed by atoms with Crippen molar-refractivity contribution in [1.82, 2.24) is 0 Å². The summed E-state index contributed by atoms with van der Waals surface area (Å²) in [6, 6.07) is 15.6. The third kappa shape index (κ3) is 5.26. The van der Waals surface area contributed by atoms with E-state index in [4.69, 9.17) is 4.74 Å². The van der Waals surface area contributed by atoms with Gasteiger partial charge in [-0.15, -0.1) is 0 Å². The molecular formula is C27H27FN2O5S. The van der Waals surface area contributed by atoms with Gasteiger partial charge in [0.1, 0.15) is 5.82 Å². The van der Waals surface area contributed by atoms with Crippen LogP contribution in [-0.2, 0) is 21.2 Å². The van der Waals surface area contributed by atoms with Crippen LogP contribution in [0.5, 0.6) is 0 Å². The number of nitrogens with zero attached hydrogens (tertiary/aromatic N) is 1. The average molecular weight is 511 g/mol. The average Bonchev–Trinajstić information content (AvgIpc) is 3.20. The van der Waals surface area contributed by atoms with Crippen molar-refractivity contribution in [2.75, 3.05) is 16.2 Å². The highest BCUT2D eigenvalue weighted by Gasteiger charge is 2.36. The van der Waals surface area contributed by atoms with E-state index in [2.05, 4.69) is 5.32 Å². The number of carbonyl (C=O) groups is 2. The largest absolute Gasteiger partial charge is 0.462 e. The lowest BCUT2D eigenvalue weighted by Gasteiger charge is -2.24. The number of esters is 1. The van der Waals surface area contributed by atoms with Gasteiger partial charge in [0.25, 0.3) is 15.9 Å². The zero-order valence-corrected chi connectivity index (χ0v) is 20.8. The molecule has 9 heteroatoms. The van der Waals surface area contributed by atoms with Gasteiger partial charge in [0.2, 0.25) is 0 Å². The Hall–Kier alpha value is -3.72. The monoisotopic (exact) mass is 510 g/mol. The van der Waals surface area contributed by atoms with Gasteiger partial charge in [-0.1, -0.05) is 13.3 Å². The third-order valence-electron chi connectivity index (χ3n) is 5.97. The minimum atomic E-state index is -3.89. The van der Waals surface area contributed by atoms with Crippen molar-refractivity contribution in [2.24, 2.45) is 0 Å². The van der Waals surface area contributed by atoms with Crippen LogP contribution < -0.4 is 9.62 Å². The van der Waals surface area contributed by atoms with Crippen molar-refractivity contribution >= 4 is 33.3 Å². The maximum absolute atomic E-state index is 13.3. The van der Waals surface area contributed by atoms with Crippen LogP contribution in [0, 0.1) is 5.82 Å². The number of hydrogen-bond acceptors (Lipinski definition) is 5. The molecule has 0 saturated carbocycles. The Morgan fingerprint density at radius 1 is 1.03 bits per heavy atom. The molecule has 188 valence electrons. The number of anilines is 2. The number of amides is 1. The predicted molar refractivity (Wildman–Crippen MR) is 135 cm³/mol. The minimum absolute atomic E-state index is 0.00288. The van der Waals surface area contributed by atoms with Gasteiger partial charge in [-0.2, -0.15) is 0 Å². The zero-order valence-electron chi connectivity index (χ0n) is 20.0. The van der Waals surface area contributed by atoms with Gasteiger partial charge in [-0.25, -0.2) is 17.6 Å². The molecule has 0 aliphatic carbocycles. The molecule has 0 aromatic heterocycles. The second-order valence-corrected chi connectivity index (χ2v) is 10.5. The van der Waals surface area contributed by atoms with E-state index < -0.39 is 21.8 Å². The van der Waals surface area contributed by atoms with Gasteiger partial charge < -0.3 is 10.1 Å². The number of ether oxygens (including phenoxy) is 1. The van der Waals surface area contributed by atoms with E-state index in [0.717, 1.165) is 30.5 Å². The smallest absolute Gasteiger partial charge is 0.338 e. The Balaban J connectivity index is 1.48. The molecule has 3 aromatic carbocycles. The fourth-order valence-electron chi connectivity index (χ4n) is 4.12. The van der Waals surface area contributed by atoms with Crippen molar-refractivity contribution < 1.29 is 27.1 Å². The molecule has 0 spiro atoms. The molecule has 7 nitrogen and oxygen atoms in total. The minimum Gasteiger partial charge on any atom is -0.462 e. The van der Waals surface area contributed by atoms with Gasteiger partial charge in [0.05, 0.1) is 22.8 Å². The fraction of sp³-hybridized carbons (Fsp3) is 0.259. The van der Waals surface area contributed by atoms with E-state index in [1.165, 1.54) is 16.4 Å². The number of halogens is 1. The Morgan fingerprint density at radius 3 is 2.36 bits per heavy atom. The maximum Gasteiger partial charge on any atom is 0.338 e. The number of sulfonamides is 1. The van der Waals surface area contributed by atoms with Gasteiger partial charge in [0.15, 0.2) is 0 Å². The zero-order chi connectivity index (χ0) is 25.9. The van der Waals surface area contributed by atoms with Crippen molar-refractivity contribution in [2.45, 2.75) is 44.0 Å². The van der Waals surface area contributed by atoms with E-state index in [1.807, 2.05) is 6.92 Å². The van der Waals surface area contributed by atoms with Crippen LogP contribution in [0.25, 0.3) is 0 Å². The number of nitrogens with one attached hydrogen (secondary N) is 1. The molecule has 0 unspecified atom stereocenters. The predicted octanol–water partition coefficient (Wildman–Crippen LogP) is 5.17. The fourth-order valence-corrected chi connectivity index (χ4v) is 5.81. The lowest BCUT2D eigenvalue weighted by atomic mass is 10.1.